The molecule has 0 fully saturated rings. The normalized spacial score (nSPS) is 13.9. The first-order valence-electron chi connectivity index (χ1n) is 21.1. The van der Waals surface area contributed by atoms with Crippen LogP contribution in [0.2, 0.25) is 0 Å². The van der Waals surface area contributed by atoms with Gasteiger partial charge in [0.05, 0.1) is 0 Å². The summed E-state index contributed by atoms with van der Waals surface area (Å²) >= 11 is 0. The van der Waals surface area contributed by atoms with E-state index in [4.69, 9.17) is 74.8 Å². The molecular formula is C51H30N16. The maximum absolute atomic E-state index is 4.98. The first-order valence-corrected chi connectivity index (χ1v) is 21.1. The van der Waals surface area contributed by atoms with Gasteiger partial charge in [0.2, 0.25) is 52.9 Å². The van der Waals surface area contributed by atoms with E-state index in [0.717, 1.165) is 33.4 Å². The Hall–Kier alpha value is -9.83. The largest absolute Gasteiger partial charge is 0.243 e. The standard InChI is InChI=1S/C51H30N16/c1-7-19-31(20-8-1)37-52-38(32-21-9-2-10-22-32)56-43(55-37)46-61-49-63-47(44-57-39(33-23-11-3-12-24-33)53-40(58-44)34-25-13-4-14-26-34)65-51-66-48(64-50(62-46)67(49)51)45-59-41(35-27-15-5-16-28-35)54-42(60-45)36-29-17-6-18-30-36/h1-30H. The lowest BCUT2D eigenvalue weighted by Crippen LogP contribution is -2.48. The molecule has 16 nitrogen and oxygen atoms in total. The van der Waals surface area contributed by atoms with Crippen LogP contribution in [0.15, 0.2) is 212 Å². The average Bonchev–Trinajstić information content (AvgIpc) is 3.41. The molecule has 0 atom stereocenters. The third kappa shape index (κ3) is 7.71. The van der Waals surface area contributed by atoms with Crippen LogP contribution in [-0.2, 0) is 0 Å². The minimum Gasteiger partial charge on any atom is -0.213 e. The van der Waals surface area contributed by atoms with Crippen LogP contribution in [0.25, 0.3) is 68.3 Å². The Morgan fingerprint density at radius 2 is 0.373 bits per heavy atom. The molecule has 0 aliphatic carbocycles. The van der Waals surface area contributed by atoms with E-state index in [1.165, 1.54) is 0 Å². The molecule has 0 spiro atoms. The van der Waals surface area contributed by atoms with Gasteiger partial charge in [-0.3, -0.25) is 0 Å². The second-order valence-corrected chi connectivity index (χ2v) is 15.0. The van der Waals surface area contributed by atoms with Crippen LogP contribution < -0.4 is 0 Å². The van der Waals surface area contributed by atoms with Crippen molar-refractivity contribution in [3.05, 3.63) is 199 Å². The van der Waals surface area contributed by atoms with Crippen molar-refractivity contribution in [2.75, 3.05) is 0 Å². The molecule has 6 heterocycles. The summed E-state index contributed by atoms with van der Waals surface area (Å²) in [4.78, 5) is 75.6. The number of guanidine groups is 3. The van der Waals surface area contributed by atoms with Gasteiger partial charge in [0.15, 0.2) is 34.9 Å². The molecule has 67 heavy (non-hydrogen) atoms. The molecule has 16 heteroatoms. The molecule has 314 valence electrons. The number of nitrogens with zero attached hydrogens (tertiary/aromatic N) is 16. The minimum absolute atomic E-state index is 0.114. The highest BCUT2D eigenvalue weighted by molar-refractivity contribution is 6.33. The Bertz CT molecular complexity index is 3000. The fourth-order valence-corrected chi connectivity index (χ4v) is 7.31. The predicted molar refractivity (Wildman–Crippen MR) is 256 cm³/mol. The molecule has 9 aromatic rings. The van der Waals surface area contributed by atoms with Crippen LogP contribution in [0, 0.1) is 0 Å². The van der Waals surface area contributed by atoms with E-state index in [2.05, 4.69) is 0 Å². The van der Waals surface area contributed by atoms with E-state index in [0.29, 0.717) is 34.9 Å². The molecule has 0 saturated carbocycles. The molecule has 0 amide bonds. The van der Waals surface area contributed by atoms with Gasteiger partial charge in [-0.25, -0.2) is 49.8 Å². The summed E-state index contributed by atoms with van der Waals surface area (Å²) in [5, 5.41) is 0. The number of aromatic nitrogens is 9. The van der Waals surface area contributed by atoms with Gasteiger partial charge in [0, 0.05) is 33.4 Å². The molecule has 3 aliphatic heterocycles. The van der Waals surface area contributed by atoms with Gasteiger partial charge >= 0.3 is 0 Å². The van der Waals surface area contributed by atoms with Gasteiger partial charge in [0.25, 0.3) is 0 Å². The summed E-state index contributed by atoms with van der Waals surface area (Å²) in [6.07, 6.45) is 0. The topological polar surface area (TPSA) is 193 Å². The lowest BCUT2D eigenvalue weighted by Gasteiger charge is -2.29. The fourth-order valence-electron chi connectivity index (χ4n) is 7.31. The van der Waals surface area contributed by atoms with Gasteiger partial charge in [0.1, 0.15) is 0 Å². The Morgan fingerprint density at radius 3 is 0.567 bits per heavy atom. The Kier molecular flexibility index (Phi) is 9.68. The van der Waals surface area contributed by atoms with E-state index in [1.807, 2.05) is 182 Å². The van der Waals surface area contributed by atoms with Crippen LogP contribution in [0.4, 0.5) is 0 Å². The smallest absolute Gasteiger partial charge is 0.213 e. The van der Waals surface area contributed by atoms with Crippen LogP contribution in [-0.4, -0.2) is 85.1 Å². The highest BCUT2D eigenvalue weighted by Gasteiger charge is 2.38. The Morgan fingerprint density at radius 1 is 0.194 bits per heavy atom. The Labute approximate surface area is 381 Å². The van der Waals surface area contributed by atoms with E-state index in [1.54, 1.807) is 4.90 Å². The van der Waals surface area contributed by atoms with Crippen LogP contribution in [0.5, 0.6) is 0 Å². The van der Waals surface area contributed by atoms with Crippen molar-refractivity contribution in [3.63, 3.8) is 0 Å². The molecule has 12 rings (SSSR count). The molecule has 6 aromatic carbocycles. The lowest BCUT2D eigenvalue weighted by molar-refractivity contribution is 0.822. The van der Waals surface area contributed by atoms with E-state index in [-0.39, 0.29) is 52.9 Å². The van der Waals surface area contributed by atoms with Crippen molar-refractivity contribution in [1.29, 1.82) is 0 Å². The molecule has 0 saturated heterocycles. The number of benzene rings is 6. The van der Waals surface area contributed by atoms with E-state index >= 15 is 0 Å². The molecule has 0 N–H and O–H groups in total. The van der Waals surface area contributed by atoms with Crippen LogP contribution >= 0.6 is 0 Å². The van der Waals surface area contributed by atoms with Gasteiger partial charge in [-0.05, 0) is 0 Å². The Balaban J connectivity index is 1.08. The van der Waals surface area contributed by atoms with Gasteiger partial charge in [-0.2, -0.15) is 30.0 Å². The zero-order valence-electron chi connectivity index (χ0n) is 35.0. The van der Waals surface area contributed by atoms with E-state index < -0.39 is 0 Å². The third-order valence-corrected chi connectivity index (χ3v) is 10.5. The maximum atomic E-state index is 4.98. The van der Waals surface area contributed by atoms with Crippen molar-refractivity contribution in [2.24, 2.45) is 30.0 Å². The van der Waals surface area contributed by atoms with Crippen molar-refractivity contribution in [3.8, 4) is 68.3 Å². The first-order chi connectivity index (χ1) is 33.1. The summed E-state index contributed by atoms with van der Waals surface area (Å²) in [7, 11) is 0. The third-order valence-electron chi connectivity index (χ3n) is 10.5. The minimum atomic E-state index is 0.114. The summed E-state index contributed by atoms with van der Waals surface area (Å²) in [6, 6.07) is 57.9. The average molecular weight is 867 g/mol. The van der Waals surface area contributed by atoms with Gasteiger partial charge < -0.3 is 0 Å². The summed E-state index contributed by atoms with van der Waals surface area (Å²) in [6.45, 7) is 0. The molecule has 0 radical (unpaired) electrons. The van der Waals surface area contributed by atoms with Crippen LogP contribution in [0.3, 0.4) is 0 Å². The quantitative estimate of drug-likeness (QED) is 0.136. The summed E-state index contributed by atoms with van der Waals surface area (Å²) in [5.74, 6) is 3.84. The van der Waals surface area contributed by atoms with Crippen molar-refractivity contribution in [2.45, 2.75) is 0 Å². The van der Waals surface area contributed by atoms with E-state index in [9.17, 15) is 0 Å². The summed E-state index contributed by atoms with van der Waals surface area (Å²) in [5.41, 5.74) is 4.68. The second-order valence-electron chi connectivity index (χ2n) is 15.0. The maximum Gasteiger partial charge on any atom is 0.243 e. The zero-order valence-corrected chi connectivity index (χ0v) is 35.0. The van der Waals surface area contributed by atoms with Crippen LogP contribution in [0.1, 0.15) is 17.5 Å². The number of hydrogen-bond acceptors (Lipinski definition) is 16. The molecule has 3 aliphatic rings. The monoisotopic (exact) mass is 866 g/mol. The lowest BCUT2D eigenvalue weighted by atomic mass is 10.2. The van der Waals surface area contributed by atoms with Crippen molar-refractivity contribution < 1.29 is 0 Å². The zero-order chi connectivity index (χ0) is 44.5. The highest BCUT2D eigenvalue weighted by atomic mass is 15.5. The number of rotatable bonds is 9. The molecule has 0 bridgehead atoms. The first kappa shape index (κ1) is 38.8. The fraction of sp³-hybridized carbons (Fsp3) is 0. The molecule has 0 unspecified atom stereocenters. The number of amidine groups is 3. The van der Waals surface area contributed by atoms with Gasteiger partial charge in [-0.15, -0.1) is 0 Å². The highest BCUT2D eigenvalue weighted by Crippen LogP contribution is 2.27. The predicted octanol–water partition coefficient (Wildman–Crippen LogP) is 8.29. The van der Waals surface area contributed by atoms with Gasteiger partial charge in [-0.1, -0.05) is 182 Å². The number of aliphatic imine (C=N–C) groups is 6. The molecular weight excluding hydrogens is 837 g/mol. The van der Waals surface area contributed by atoms with Crippen molar-refractivity contribution in [1.82, 2.24) is 49.8 Å². The summed E-state index contributed by atoms with van der Waals surface area (Å²) < 4.78 is 0. The van der Waals surface area contributed by atoms with Crippen molar-refractivity contribution >= 4 is 35.4 Å². The second kappa shape index (κ2) is 16.7. The number of hydrogen-bond donors (Lipinski definition) is 0. The molecule has 3 aromatic heterocycles. The SMILES string of the molecule is c1ccc(-c2nc(C3=NC4=NC(c5nc(-c6ccccc6)nc(-c6ccccc6)n5)=NC5=NC(c6nc(-c7ccccc7)nc(-c7ccccc7)n6)=NC(=N3)N45)nc(-c3ccccc3)n2)cc1.